The number of thiophene rings is 1. The molecule has 0 radical (unpaired) electrons. The van der Waals surface area contributed by atoms with Crippen LogP contribution in [0.3, 0.4) is 0 Å². The maximum Gasteiger partial charge on any atom is 0.258 e. The lowest BCUT2D eigenvalue weighted by atomic mass is 10.2. The summed E-state index contributed by atoms with van der Waals surface area (Å²) in [4.78, 5) is 1.05. The van der Waals surface area contributed by atoms with Crippen molar-refractivity contribution in [1.82, 2.24) is 20.2 Å². The minimum absolute atomic E-state index is 0.126. The summed E-state index contributed by atoms with van der Waals surface area (Å²) in [5.41, 5.74) is 1.81. The van der Waals surface area contributed by atoms with E-state index in [9.17, 15) is 8.42 Å². The van der Waals surface area contributed by atoms with E-state index in [2.05, 4.69) is 27.2 Å². The van der Waals surface area contributed by atoms with E-state index in [4.69, 9.17) is 0 Å². The van der Waals surface area contributed by atoms with E-state index in [1.54, 1.807) is 18.4 Å². The van der Waals surface area contributed by atoms with Gasteiger partial charge in [0.1, 0.15) is 0 Å². The molecule has 110 valence electrons. The number of aromatic nitrogens is 2. The Balaban J connectivity index is 2.13. The molecule has 8 heteroatoms. The average Bonchev–Trinajstić information content (AvgIpc) is 3.05. The van der Waals surface area contributed by atoms with E-state index in [-0.39, 0.29) is 5.03 Å². The molecule has 20 heavy (non-hydrogen) atoms. The zero-order chi connectivity index (χ0) is 14.6. The summed E-state index contributed by atoms with van der Waals surface area (Å²) in [5, 5.41) is 11.4. The van der Waals surface area contributed by atoms with E-state index >= 15 is 0 Å². The van der Waals surface area contributed by atoms with E-state index in [0.717, 1.165) is 11.3 Å². The molecule has 0 unspecified atom stereocenters. The SMILES string of the molecule is CCc1ccsc1CNS(=O)(=O)c1[nH]ncc1CNC. The van der Waals surface area contributed by atoms with Crippen molar-refractivity contribution in [2.75, 3.05) is 7.05 Å². The van der Waals surface area contributed by atoms with Gasteiger partial charge in [-0.25, -0.2) is 13.1 Å². The number of aryl methyl sites for hydroxylation is 1. The second-order valence-electron chi connectivity index (χ2n) is 4.30. The summed E-state index contributed by atoms with van der Waals surface area (Å²) in [6.45, 7) is 2.81. The van der Waals surface area contributed by atoms with Crippen molar-refractivity contribution in [1.29, 1.82) is 0 Å². The average molecular weight is 314 g/mol. The summed E-state index contributed by atoms with van der Waals surface area (Å²) < 4.78 is 27.2. The number of H-pyrrole nitrogens is 1. The predicted molar refractivity (Wildman–Crippen MR) is 79.1 cm³/mol. The summed E-state index contributed by atoms with van der Waals surface area (Å²) >= 11 is 1.56. The third-order valence-corrected chi connectivity index (χ3v) is 5.33. The maximum absolute atomic E-state index is 12.3. The molecule has 0 spiro atoms. The van der Waals surface area contributed by atoms with Gasteiger partial charge in [0.25, 0.3) is 10.0 Å². The fourth-order valence-electron chi connectivity index (χ4n) is 1.92. The quantitative estimate of drug-likeness (QED) is 0.717. The molecule has 0 aliphatic carbocycles. The molecular weight excluding hydrogens is 296 g/mol. The largest absolute Gasteiger partial charge is 0.316 e. The zero-order valence-electron chi connectivity index (χ0n) is 11.4. The molecule has 2 heterocycles. The summed E-state index contributed by atoms with van der Waals surface area (Å²) in [6, 6.07) is 2.02. The highest BCUT2D eigenvalue weighted by Crippen LogP contribution is 2.18. The van der Waals surface area contributed by atoms with Crippen LogP contribution in [0.1, 0.15) is 22.9 Å². The lowest BCUT2D eigenvalue weighted by molar-refractivity contribution is 0.575. The highest BCUT2D eigenvalue weighted by molar-refractivity contribution is 7.89. The second kappa shape index (κ2) is 6.49. The topological polar surface area (TPSA) is 86.9 Å². The molecule has 0 bridgehead atoms. The Bertz CT molecular complexity index is 661. The van der Waals surface area contributed by atoms with Gasteiger partial charge in [0, 0.05) is 23.5 Å². The van der Waals surface area contributed by atoms with Crippen LogP contribution >= 0.6 is 11.3 Å². The smallest absolute Gasteiger partial charge is 0.258 e. The number of nitrogens with zero attached hydrogens (tertiary/aromatic N) is 1. The molecule has 2 aromatic rings. The number of aromatic amines is 1. The number of nitrogens with one attached hydrogen (secondary N) is 3. The molecule has 0 fully saturated rings. The first-order valence-electron chi connectivity index (χ1n) is 6.30. The van der Waals surface area contributed by atoms with Crippen LogP contribution in [-0.2, 0) is 29.5 Å². The third kappa shape index (κ3) is 3.26. The lowest BCUT2D eigenvalue weighted by Gasteiger charge is -2.07. The molecule has 0 amide bonds. The minimum Gasteiger partial charge on any atom is -0.316 e. The van der Waals surface area contributed by atoms with Crippen LogP contribution in [0.15, 0.2) is 22.7 Å². The number of hydrogen-bond acceptors (Lipinski definition) is 5. The number of rotatable bonds is 7. The predicted octanol–water partition coefficient (Wildman–Crippen LogP) is 1.23. The molecule has 3 N–H and O–H groups in total. The van der Waals surface area contributed by atoms with Gasteiger partial charge in [0.15, 0.2) is 5.03 Å². The van der Waals surface area contributed by atoms with Gasteiger partial charge in [-0.05, 0) is 30.5 Å². The Morgan fingerprint density at radius 2 is 2.15 bits per heavy atom. The second-order valence-corrected chi connectivity index (χ2v) is 7.01. The molecule has 0 aliphatic heterocycles. The van der Waals surface area contributed by atoms with Crippen LogP contribution < -0.4 is 10.0 Å². The van der Waals surface area contributed by atoms with Crippen LogP contribution in [-0.4, -0.2) is 25.7 Å². The van der Waals surface area contributed by atoms with Crippen LogP contribution in [0.5, 0.6) is 0 Å². The Morgan fingerprint density at radius 1 is 1.35 bits per heavy atom. The fourth-order valence-corrected chi connectivity index (χ4v) is 4.05. The van der Waals surface area contributed by atoms with Gasteiger partial charge in [-0.15, -0.1) is 11.3 Å². The lowest BCUT2D eigenvalue weighted by Crippen LogP contribution is -2.25. The summed E-state index contributed by atoms with van der Waals surface area (Å²) in [5.74, 6) is 0. The molecule has 2 rings (SSSR count). The van der Waals surface area contributed by atoms with Crippen molar-refractivity contribution in [2.24, 2.45) is 0 Å². The highest BCUT2D eigenvalue weighted by Gasteiger charge is 2.20. The van der Waals surface area contributed by atoms with Crippen LogP contribution in [0, 0.1) is 0 Å². The standard InChI is InChI=1S/C12H18N4O2S2/c1-3-9-4-5-19-11(9)8-15-20(17,18)12-10(6-13-2)7-14-16-12/h4-5,7,13,15H,3,6,8H2,1-2H3,(H,14,16). The van der Waals surface area contributed by atoms with E-state index in [1.807, 2.05) is 11.4 Å². The van der Waals surface area contributed by atoms with Crippen LogP contribution in [0.25, 0.3) is 0 Å². The van der Waals surface area contributed by atoms with E-state index < -0.39 is 10.0 Å². The molecular formula is C12H18N4O2S2. The van der Waals surface area contributed by atoms with Crippen molar-refractivity contribution in [3.63, 3.8) is 0 Å². The van der Waals surface area contributed by atoms with E-state index in [0.29, 0.717) is 18.7 Å². The minimum atomic E-state index is -3.57. The number of hydrogen-bond donors (Lipinski definition) is 3. The molecule has 0 aliphatic rings. The molecule has 2 aromatic heterocycles. The number of sulfonamides is 1. The van der Waals surface area contributed by atoms with Crippen LogP contribution in [0.4, 0.5) is 0 Å². The summed E-state index contributed by atoms with van der Waals surface area (Å²) in [6.07, 6.45) is 2.42. The van der Waals surface area contributed by atoms with Crippen molar-refractivity contribution in [2.45, 2.75) is 31.5 Å². The molecule has 0 aromatic carbocycles. The summed E-state index contributed by atoms with van der Waals surface area (Å²) in [7, 11) is -1.81. The molecule has 0 atom stereocenters. The molecule has 0 saturated carbocycles. The fraction of sp³-hybridized carbons (Fsp3) is 0.417. The van der Waals surface area contributed by atoms with Crippen LogP contribution in [0.2, 0.25) is 0 Å². The monoisotopic (exact) mass is 314 g/mol. The van der Waals surface area contributed by atoms with Crippen molar-refractivity contribution in [3.05, 3.63) is 33.6 Å². The highest BCUT2D eigenvalue weighted by atomic mass is 32.2. The third-order valence-electron chi connectivity index (χ3n) is 2.96. The van der Waals surface area contributed by atoms with Gasteiger partial charge in [-0.3, -0.25) is 5.10 Å². The van der Waals surface area contributed by atoms with Gasteiger partial charge in [-0.2, -0.15) is 5.10 Å². The first-order valence-corrected chi connectivity index (χ1v) is 8.66. The zero-order valence-corrected chi connectivity index (χ0v) is 13.1. The Morgan fingerprint density at radius 3 is 2.85 bits per heavy atom. The van der Waals surface area contributed by atoms with E-state index in [1.165, 1.54) is 11.8 Å². The Hall–Kier alpha value is -1.22. The van der Waals surface area contributed by atoms with Gasteiger partial charge < -0.3 is 5.32 Å². The molecule has 6 nitrogen and oxygen atoms in total. The van der Waals surface area contributed by atoms with Crippen molar-refractivity contribution >= 4 is 21.4 Å². The first-order chi connectivity index (χ1) is 9.58. The van der Waals surface area contributed by atoms with Gasteiger partial charge in [0.05, 0.1) is 6.20 Å². The van der Waals surface area contributed by atoms with Gasteiger partial charge >= 0.3 is 0 Å². The Labute approximate surface area is 122 Å². The van der Waals surface area contributed by atoms with Crippen molar-refractivity contribution < 1.29 is 8.42 Å². The molecule has 0 saturated heterocycles. The first kappa shape index (κ1) is 15.2. The van der Waals surface area contributed by atoms with Crippen molar-refractivity contribution in [3.8, 4) is 0 Å². The normalized spacial score (nSPS) is 11.9. The maximum atomic E-state index is 12.3. The Kier molecular flexibility index (Phi) is 4.92. The van der Waals surface area contributed by atoms with Gasteiger partial charge in [0.2, 0.25) is 0 Å². The van der Waals surface area contributed by atoms with Gasteiger partial charge in [-0.1, -0.05) is 6.92 Å².